The van der Waals surface area contributed by atoms with E-state index in [0.29, 0.717) is 45.4 Å². The third-order valence-electron chi connectivity index (χ3n) is 8.87. The number of carbonyl (C=O) groups excluding carboxylic acids is 3. The topological polar surface area (TPSA) is 90.4 Å². The molecule has 8 nitrogen and oxygen atoms in total. The smallest absolute Gasteiger partial charge is 0.248 e. The number of rotatable bonds is 16. The zero-order chi connectivity index (χ0) is 28.1. The maximum absolute atomic E-state index is 14.3. The van der Waals surface area contributed by atoms with Crippen molar-refractivity contribution in [1.29, 1.82) is 0 Å². The highest BCUT2D eigenvalue weighted by Crippen LogP contribution is 2.64. The molecule has 0 radical (unpaired) electrons. The molecule has 214 valence electrons. The number of nitrogens with zero attached hydrogens (tertiary/aromatic N) is 3. The highest BCUT2D eigenvalue weighted by molar-refractivity contribution is 5.99. The highest BCUT2D eigenvalue weighted by Gasteiger charge is 2.79. The van der Waals surface area contributed by atoms with Crippen molar-refractivity contribution in [3.05, 3.63) is 25.3 Å². The maximum atomic E-state index is 14.3. The predicted octanol–water partition coefficient (Wildman–Crippen LogP) is 3.54. The van der Waals surface area contributed by atoms with Gasteiger partial charge in [-0.05, 0) is 52.4 Å². The van der Waals surface area contributed by atoms with Crippen molar-refractivity contribution in [2.45, 2.75) is 102 Å². The molecular weight excluding hydrogens is 482 g/mol. The van der Waals surface area contributed by atoms with Crippen LogP contribution in [0.3, 0.4) is 0 Å². The van der Waals surface area contributed by atoms with Gasteiger partial charge in [-0.25, -0.2) is 0 Å². The first kappa shape index (κ1) is 30.4. The molecular formula is C30H49N3O5. The van der Waals surface area contributed by atoms with E-state index in [0.717, 1.165) is 32.1 Å². The minimum absolute atomic E-state index is 0.0590. The molecule has 0 saturated carbocycles. The first-order valence-electron chi connectivity index (χ1n) is 14.6. The van der Waals surface area contributed by atoms with Crippen LogP contribution in [0.25, 0.3) is 0 Å². The molecule has 2 unspecified atom stereocenters. The summed E-state index contributed by atoms with van der Waals surface area (Å²) < 4.78 is 6.91. The SMILES string of the molecule is C=CCN(CCC)C(=O)[C@H]1[C@H]2C(=O)N(CCCCCCO)C(C(=O)N(CC=C)C(C)C)C23CC[C@]1(CC)O3. The molecule has 0 aromatic heterocycles. The average molecular weight is 532 g/mol. The molecule has 5 atom stereocenters. The van der Waals surface area contributed by atoms with Gasteiger partial charge in [-0.15, -0.1) is 13.2 Å². The van der Waals surface area contributed by atoms with Crippen LogP contribution in [0.4, 0.5) is 0 Å². The quantitative estimate of drug-likeness (QED) is 0.243. The Morgan fingerprint density at radius 3 is 2.37 bits per heavy atom. The van der Waals surface area contributed by atoms with Crippen LogP contribution in [0.15, 0.2) is 25.3 Å². The fourth-order valence-electron chi connectivity index (χ4n) is 7.13. The Morgan fingerprint density at radius 2 is 1.79 bits per heavy atom. The van der Waals surface area contributed by atoms with Crippen molar-refractivity contribution >= 4 is 17.7 Å². The molecule has 0 aromatic rings. The van der Waals surface area contributed by atoms with Crippen LogP contribution in [0.5, 0.6) is 0 Å². The lowest BCUT2D eigenvalue weighted by atomic mass is 9.64. The summed E-state index contributed by atoms with van der Waals surface area (Å²) in [6.07, 6.45) is 9.30. The molecule has 1 spiro atoms. The minimum atomic E-state index is -1.00. The van der Waals surface area contributed by atoms with Gasteiger partial charge in [0, 0.05) is 38.8 Å². The molecule has 3 fully saturated rings. The number of unbranched alkanes of at least 4 members (excludes halogenated alkanes) is 3. The molecule has 8 heteroatoms. The standard InChI is InChI=1S/C30H49N3O5/c1-7-17-31(18-8-2)26(35)23-24-27(36)33(20-13-11-12-14-21-34)25(28(37)32(19-9-3)22(5)6)30(24)16-15-29(23,10-4)38-30/h7,9,22-25,34H,1,3,8,10-21H2,2,4-6H3/t23-,24+,25?,29+,30?/m1/s1. The normalized spacial score (nSPS) is 29.6. The molecule has 1 N–H and O–H groups in total. The second-order valence-electron chi connectivity index (χ2n) is 11.4. The van der Waals surface area contributed by atoms with Gasteiger partial charge in [0.15, 0.2) is 0 Å². The molecule has 0 aliphatic carbocycles. The van der Waals surface area contributed by atoms with Crippen LogP contribution in [0.1, 0.15) is 79.1 Å². The van der Waals surface area contributed by atoms with Crippen LogP contribution in [-0.2, 0) is 19.1 Å². The van der Waals surface area contributed by atoms with Gasteiger partial charge in [-0.1, -0.05) is 38.8 Å². The van der Waals surface area contributed by atoms with Crippen molar-refractivity contribution in [2.24, 2.45) is 11.8 Å². The van der Waals surface area contributed by atoms with Crippen LogP contribution >= 0.6 is 0 Å². The number of amides is 3. The largest absolute Gasteiger partial charge is 0.396 e. The van der Waals surface area contributed by atoms with Gasteiger partial charge >= 0.3 is 0 Å². The monoisotopic (exact) mass is 531 g/mol. The van der Waals surface area contributed by atoms with Gasteiger partial charge in [0.1, 0.15) is 11.6 Å². The van der Waals surface area contributed by atoms with Crippen molar-refractivity contribution in [3.8, 4) is 0 Å². The summed E-state index contributed by atoms with van der Waals surface area (Å²) in [5, 5.41) is 9.15. The van der Waals surface area contributed by atoms with Crippen molar-refractivity contribution in [2.75, 3.05) is 32.8 Å². The molecule has 3 rings (SSSR count). The Kier molecular flexibility index (Phi) is 10.2. The Labute approximate surface area is 229 Å². The van der Waals surface area contributed by atoms with Gasteiger partial charge in [-0.3, -0.25) is 14.4 Å². The van der Waals surface area contributed by atoms with Crippen molar-refractivity contribution in [3.63, 3.8) is 0 Å². The van der Waals surface area contributed by atoms with E-state index in [9.17, 15) is 14.4 Å². The lowest BCUT2D eigenvalue weighted by molar-refractivity contribution is -0.155. The van der Waals surface area contributed by atoms with Crippen molar-refractivity contribution < 1.29 is 24.2 Å². The number of fused-ring (bicyclic) bond motifs is 1. The highest BCUT2D eigenvalue weighted by atomic mass is 16.5. The predicted molar refractivity (Wildman–Crippen MR) is 148 cm³/mol. The number of hydrogen-bond acceptors (Lipinski definition) is 5. The number of aliphatic hydroxyl groups is 1. The molecule has 3 saturated heterocycles. The van der Waals surface area contributed by atoms with E-state index in [1.54, 1.807) is 26.9 Å². The van der Waals surface area contributed by atoms with Crippen LogP contribution in [0, 0.1) is 11.8 Å². The second-order valence-corrected chi connectivity index (χ2v) is 11.4. The molecule has 2 bridgehead atoms. The van der Waals surface area contributed by atoms with Crippen LogP contribution in [-0.4, -0.2) is 93.6 Å². The van der Waals surface area contributed by atoms with E-state index < -0.39 is 29.1 Å². The lowest BCUT2D eigenvalue weighted by Crippen LogP contribution is -2.57. The van der Waals surface area contributed by atoms with Gasteiger partial charge in [0.2, 0.25) is 17.7 Å². The molecule has 3 heterocycles. The Morgan fingerprint density at radius 1 is 1.11 bits per heavy atom. The van der Waals surface area contributed by atoms with E-state index >= 15 is 0 Å². The van der Waals surface area contributed by atoms with E-state index in [-0.39, 0.29) is 30.4 Å². The number of aliphatic hydroxyl groups excluding tert-OH is 1. The summed E-state index contributed by atoms with van der Waals surface area (Å²) in [5.74, 6) is -1.59. The Bertz CT molecular complexity index is 891. The molecule has 3 amide bonds. The number of hydrogen-bond donors (Lipinski definition) is 1. The van der Waals surface area contributed by atoms with Gasteiger partial charge in [0.05, 0.1) is 17.4 Å². The molecule has 3 aliphatic heterocycles. The molecule has 38 heavy (non-hydrogen) atoms. The summed E-state index contributed by atoms with van der Waals surface area (Å²) in [6, 6.07) is -0.827. The first-order valence-corrected chi connectivity index (χ1v) is 14.6. The average Bonchev–Trinajstić information content (AvgIpc) is 3.49. The summed E-state index contributed by atoms with van der Waals surface area (Å²) in [7, 11) is 0. The Balaban J connectivity index is 2.05. The molecule has 0 aromatic carbocycles. The summed E-state index contributed by atoms with van der Waals surface area (Å²) in [5.41, 5.74) is -1.74. The van der Waals surface area contributed by atoms with Crippen molar-refractivity contribution in [1.82, 2.24) is 14.7 Å². The van der Waals surface area contributed by atoms with E-state index in [2.05, 4.69) is 13.2 Å². The zero-order valence-corrected chi connectivity index (χ0v) is 24.0. The number of carbonyl (C=O) groups is 3. The third-order valence-corrected chi connectivity index (χ3v) is 8.87. The summed E-state index contributed by atoms with van der Waals surface area (Å²) in [6.45, 7) is 17.7. The van der Waals surface area contributed by atoms with Crippen LogP contribution in [0.2, 0.25) is 0 Å². The number of ether oxygens (including phenoxy) is 1. The van der Waals surface area contributed by atoms with E-state index in [1.165, 1.54) is 0 Å². The van der Waals surface area contributed by atoms with E-state index in [1.807, 2.05) is 27.7 Å². The van der Waals surface area contributed by atoms with E-state index in [4.69, 9.17) is 9.84 Å². The summed E-state index contributed by atoms with van der Waals surface area (Å²) >= 11 is 0. The van der Waals surface area contributed by atoms with Gasteiger partial charge in [-0.2, -0.15) is 0 Å². The summed E-state index contributed by atoms with van der Waals surface area (Å²) in [4.78, 5) is 48.0. The van der Waals surface area contributed by atoms with Gasteiger partial charge in [0.25, 0.3) is 0 Å². The minimum Gasteiger partial charge on any atom is -0.396 e. The lowest BCUT2D eigenvalue weighted by Gasteiger charge is -2.38. The number of likely N-dealkylation sites (tertiary alicyclic amines) is 1. The Hall–Kier alpha value is -2.19. The third kappa shape index (κ3) is 5.18. The fourth-order valence-corrected chi connectivity index (χ4v) is 7.13. The maximum Gasteiger partial charge on any atom is 0.248 e. The second kappa shape index (κ2) is 12.8. The van der Waals surface area contributed by atoms with Crippen LogP contribution < -0.4 is 0 Å². The fraction of sp³-hybridized carbons (Fsp3) is 0.767. The molecule has 3 aliphatic rings. The first-order chi connectivity index (χ1) is 18.2. The zero-order valence-electron chi connectivity index (χ0n) is 24.0. The van der Waals surface area contributed by atoms with Gasteiger partial charge < -0.3 is 24.5 Å².